The van der Waals surface area contributed by atoms with Gasteiger partial charge in [-0.3, -0.25) is 0 Å². The Morgan fingerprint density at radius 1 is 1.35 bits per heavy atom. The van der Waals surface area contributed by atoms with Gasteiger partial charge in [0.1, 0.15) is 0 Å². The predicted molar refractivity (Wildman–Crippen MR) is 67.1 cm³/mol. The molecule has 0 spiro atoms. The minimum absolute atomic E-state index is 0.160. The lowest BCUT2D eigenvalue weighted by atomic mass is 10.2. The molecule has 0 saturated carbocycles. The van der Waals surface area contributed by atoms with E-state index in [1.165, 1.54) is 27.2 Å². The summed E-state index contributed by atoms with van der Waals surface area (Å²) in [7, 11) is 2.47. The molecule has 114 valence electrons. The van der Waals surface area contributed by atoms with Gasteiger partial charge in [-0.25, -0.2) is 14.5 Å². The van der Waals surface area contributed by atoms with E-state index in [4.69, 9.17) is 15.9 Å². The minimum atomic E-state index is -1.53. The average molecular weight is 289 g/mol. The molecule has 7 heteroatoms. The Morgan fingerprint density at radius 3 is 2.75 bits per heavy atom. The Labute approximate surface area is 119 Å². The van der Waals surface area contributed by atoms with Gasteiger partial charge in [-0.1, -0.05) is 6.08 Å². The number of esters is 2. The third-order valence-corrected chi connectivity index (χ3v) is 2.67. The molecule has 1 aliphatic heterocycles. The van der Waals surface area contributed by atoms with Crippen molar-refractivity contribution in [2.75, 3.05) is 14.2 Å². The van der Waals surface area contributed by atoms with Gasteiger partial charge in [0.15, 0.2) is 6.29 Å². The predicted octanol–water partition coefficient (Wildman–Crippen LogP) is 1.47. The lowest BCUT2D eigenvalue weighted by Crippen LogP contribution is -2.38. The van der Waals surface area contributed by atoms with Crippen LogP contribution in [0.3, 0.4) is 0 Å². The van der Waals surface area contributed by atoms with Gasteiger partial charge in [0.2, 0.25) is 0 Å². The van der Waals surface area contributed by atoms with Crippen LogP contribution >= 0.6 is 0 Å². The van der Waals surface area contributed by atoms with Gasteiger partial charge < -0.3 is 14.2 Å². The summed E-state index contributed by atoms with van der Waals surface area (Å²) in [5.74, 6) is -2.84. The molecule has 1 heterocycles. The zero-order valence-electron chi connectivity index (χ0n) is 12.8. The number of methoxy groups -OCH3 is 2. The number of rotatable bonds is 7. The van der Waals surface area contributed by atoms with E-state index in [2.05, 4.69) is 9.47 Å². The van der Waals surface area contributed by atoms with Crippen LogP contribution < -0.4 is 0 Å². The molecule has 1 aliphatic rings. The summed E-state index contributed by atoms with van der Waals surface area (Å²) in [4.78, 5) is 32.1. The number of hydrogen-bond donors (Lipinski definition) is 0. The fraction of sp³-hybridized carbons (Fsp3) is 0.692. The standard InChI is InChI=1S/C13H20O7/c1-13(12(15)17-3)18-11(19-20-13)9-7-5-4-6-8-10(14)16-2/h6,8,11H,4-5,7,9H2,1-3H3/b8-6+/i8D. The fourth-order valence-corrected chi connectivity index (χ4v) is 1.58. The number of carbonyl (C=O) groups is 2. The van der Waals surface area contributed by atoms with E-state index in [-0.39, 0.29) is 6.05 Å². The minimum Gasteiger partial charge on any atom is -0.466 e. The Morgan fingerprint density at radius 2 is 2.10 bits per heavy atom. The first-order valence-corrected chi connectivity index (χ1v) is 6.28. The fourth-order valence-electron chi connectivity index (χ4n) is 1.58. The molecule has 1 saturated heterocycles. The van der Waals surface area contributed by atoms with E-state index in [9.17, 15) is 9.59 Å². The molecule has 0 N–H and O–H groups in total. The summed E-state index contributed by atoms with van der Waals surface area (Å²) >= 11 is 0. The second-order valence-corrected chi connectivity index (χ2v) is 4.29. The average Bonchev–Trinajstić information content (AvgIpc) is 2.87. The number of hydrogen-bond acceptors (Lipinski definition) is 7. The second-order valence-electron chi connectivity index (χ2n) is 4.29. The van der Waals surface area contributed by atoms with Crippen molar-refractivity contribution in [3.05, 3.63) is 12.1 Å². The van der Waals surface area contributed by atoms with Crippen LogP contribution in [-0.2, 0) is 33.6 Å². The molecule has 2 unspecified atom stereocenters. The summed E-state index contributed by atoms with van der Waals surface area (Å²) in [6.45, 7) is 1.42. The van der Waals surface area contributed by atoms with Crippen molar-refractivity contribution in [1.29, 1.82) is 0 Å². The van der Waals surface area contributed by atoms with Crippen LogP contribution in [0.15, 0.2) is 12.1 Å². The van der Waals surface area contributed by atoms with Crippen LogP contribution in [-0.4, -0.2) is 38.2 Å². The molecule has 1 fully saturated rings. The second kappa shape index (κ2) is 7.98. The van der Waals surface area contributed by atoms with Gasteiger partial charge in [-0.15, -0.1) is 0 Å². The Hall–Kier alpha value is -1.44. The molecule has 20 heavy (non-hydrogen) atoms. The first kappa shape index (κ1) is 15.0. The normalized spacial score (nSPS) is 27.1. The SMILES string of the molecule is [2H]/C(=C\CCCCC1OOC(C)(C(=O)OC)O1)C(=O)OC. The van der Waals surface area contributed by atoms with Crippen molar-refractivity contribution >= 4 is 11.9 Å². The van der Waals surface area contributed by atoms with Crippen molar-refractivity contribution in [3.63, 3.8) is 0 Å². The third kappa shape index (κ3) is 4.92. The Bertz CT molecular complexity index is 409. The first-order valence-electron chi connectivity index (χ1n) is 6.78. The molecule has 0 aliphatic carbocycles. The van der Waals surface area contributed by atoms with Crippen molar-refractivity contribution in [2.24, 2.45) is 0 Å². The van der Waals surface area contributed by atoms with Crippen LogP contribution in [0.2, 0.25) is 0 Å². The highest BCUT2D eigenvalue weighted by Crippen LogP contribution is 2.28. The number of allylic oxidation sites excluding steroid dienone is 1. The molecule has 0 aromatic carbocycles. The molecule has 0 aromatic heterocycles. The molecule has 0 aromatic rings. The number of carbonyl (C=O) groups excluding carboxylic acids is 2. The largest absolute Gasteiger partial charge is 0.466 e. The highest BCUT2D eigenvalue weighted by atomic mass is 17.3. The van der Waals surface area contributed by atoms with E-state index in [0.717, 1.165) is 12.8 Å². The Balaban J connectivity index is 2.23. The molecule has 0 radical (unpaired) electrons. The van der Waals surface area contributed by atoms with Gasteiger partial charge >= 0.3 is 11.9 Å². The molecule has 2 atom stereocenters. The molecule has 0 bridgehead atoms. The first-order chi connectivity index (χ1) is 9.92. The van der Waals surface area contributed by atoms with E-state index in [1.807, 2.05) is 0 Å². The van der Waals surface area contributed by atoms with Crippen molar-refractivity contribution in [3.8, 4) is 0 Å². The molecular weight excluding hydrogens is 268 g/mol. The van der Waals surface area contributed by atoms with Crippen LogP contribution in [0.5, 0.6) is 0 Å². The lowest BCUT2D eigenvalue weighted by Gasteiger charge is -2.16. The zero-order chi connectivity index (χ0) is 15.9. The summed E-state index contributed by atoms with van der Waals surface area (Å²) in [5, 5.41) is 0. The summed E-state index contributed by atoms with van der Waals surface area (Å²) < 4.78 is 21.7. The van der Waals surface area contributed by atoms with E-state index >= 15 is 0 Å². The van der Waals surface area contributed by atoms with Crippen molar-refractivity contribution in [2.45, 2.75) is 44.7 Å². The molecular formula is C13H20O7. The van der Waals surface area contributed by atoms with Crippen LogP contribution in [0.4, 0.5) is 0 Å². The number of ether oxygens (including phenoxy) is 3. The van der Waals surface area contributed by atoms with Gasteiger partial charge in [-0.2, -0.15) is 4.89 Å². The van der Waals surface area contributed by atoms with Gasteiger partial charge in [0, 0.05) is 19.4 Å². The maximum atomic E-state index is 11.4. The summed E-state index contributed by atoms with van der Waals surface area (Å²) in [6, 6.07) is -0.160. The van der Waals surface area contributed by atoms with Crippen molar-refractivity contribution in [1.82, 2.24) is 0 Å². The smallest absolute Gasteiger partial charge is 0.369 e. The van der Waals surface area contributed by atoms with Crippen LogP contribution in [0.25, 0.3) is 0 Å². The highest BCUT2D eigenvalue weighted by molar-refractivity contribution is 5.81. The van der Waals surface area contributed by atoms with Gasteiger partial charge in [0.05, 0.1) is 15.6 Å². The summed E-state index contributed by atoms with van der Waals surface area (Å²) in [5.41, 5.74) is 0. The maximum absolute atomic E-state index is 11.4. The van der Waals surface area contributed by atoms with E-state index in [0.29, 0.717) is 12.8 Å². The number of unbranched alkanes of at least 4 members (excludes halogenated alkanes) is 2. The van der Waals surface area contributed by atoms with Crippen LogP contribution in [0, 0.1) is 0 Å². The van der Waals surface area contributed by atoms with Gasteiger partial charge in [0.25, 0.3) is 5.79 Å². The monoisotopic (exact) mass is 289 g/mol. The van der Waals surface area contributed by atoms with Gasteiger partial charge in [-0.05, 0) is 19.3 Å². The maximum Gasteiger partial charge on any atom is 0.369 e. The van der Waals surface area contributed by atoms with Crippen molar-refractivity contribution < 1.29 is 34.9 Å². The Kier molecular flexibility index (Phi) is 5.97. The lowest BCUT2D eigenvalue weighted by molar-refractivity contribution is -0.321. The quantitative estimate of drug-likeness (QED) is 0.304. The van der Waals surface area contributed by atoms with Crippen LogP contribution in [0.1, 0.15) is 34.0 Å². The molecule has 1 rings (SSSR count). The van der Waals surface area contributed by atoms with E-state index in [1.54, 1.807) is 0 Å². The van der Waals surface area contributed by atoms with E-state index < -0.39 is 24.0 Å². The highest BCUT2D eigenvalue weighted by Gasteiger charge is 2.47. The summed E-state index contributed by atoms with van der Waals surface area (Å²) in [6.07, 6.45) is 3.39. The third-order valence-electron chi connectivity index (χ3n) is 2.67. The molecule has 7 nitrogen and oxygen atoms in total. The topological polar surface area (TPSA) is 80.3 Å². The zero-order valence-corrected chi connectivity index (χ0v) is 11.8. The molecule has 0 amide bonds.